The summed E-state index contributed by atoms with van der Waals surface area (Å²) in [5, 5.41) is 10.4. The monoisotopic (exact) mass is 329 g/mol. The molecule has 1 heterocycles. The maximum absolute atomic E-state index is 11.3. The molecule has 106 valence electrons. The van der Waals surface area contributed by atoms with Crippen molar-refractivity contribution in [3.05, 3.63) is 35.3 Å². The summed E-state index contributed by atoms with van der Waals surface area (Å²) in [7, 11) is -3.19. The Morgan fingerprint density at radius 1 is 1.35 bits per heavy atom. The third-order valence-corrected chi connectivity index (χ3v) is 5.44. The van der Waals surface area contributed by atoms with Gasteiger partial charge < -0.3 is 5.11 Å². The molecule has 0 aliphatic carbocycles. The minimum absolute atomic E-state index is 0.0932. The highest BCUT2D eigenvalue weighted by molar-refractivity contribution is 8.01. The summed E-state index contributed by atoms with van der Waals surface area (Å²) in [6.07, 6.45) is 1.07. The minimum Gasteiger partial charge on any atom is -0.481 e. The Bertz CT molecular complexity index is 719. The number of carboxylic acid groups (broad SMARTS) is 1. The van der Waals surface area contributed by atoms with Crippen LogP contribution < -0.4 is 0 Å². The van der Waals surface area contributed by atoms with Crippen molar-refractivity contribution in [3.63, 3.8) is 0 Å². The van der Waals surface area contributed by atoms with Gasteiger partial charge in [-0.3, -0.25) is 4.79 Å². The van der Waals surface area contributed by atoms with Crippen LogP contribution in [0.1, 0.15) is 5.69 Å². The van der Waals surface area contributed by atoms with Crippen LogP contribution in [0.2, 0.25) is 0 Å². The van der Waals surface area contributed by atoms with E-state index in [0.29, 0.717) is 5.69 Å². The molecule has 0 bridgehead atoms. The van der Waals surface area contributed by atoms with Crippen LogP contribution in [0, 0.1) is 0 Å². The molecule has 0 saturated carbocycles. The Hall–Kier alpha value is -1.38. The van der Waals surface area contributed by atoms with Gasteiger partial charge in [-0.2, -0.15) is 0 Å². The standard InChI is InChI=1S/C12H11NO4S3/c1-20(16,17)10-4-2-9(3-5-10)19-12-13-8(7-18-12)6-11(14)15/h2-5,7H,6H2,1H3,(H,14,15). The van der Waals surface area contributed by atoms with Crippen molar-refractivity contribution in [1.29, 1.82) is 0 Å². The fourth-order valence-electron chi connectivity index (χ4n) is 1.43. The molecular formula is C12H11NO4S3. The molecule has 0 atom stereocenters. The van der Waals surface area contributed by atoms with E-state index in [9.17, 15) is 13.2 Å². The van der Waals surface area contributed by atoms with Gasteiger partial charge in [0.1, 0.15) is 0 Å². The van der Waals surface area contributed by atoms with E-state index < -0.39 is 15.8 Å². The van der Waals surface area contributed by atoms with Gasteiger partial charge in [-0.25, -0.2) is 13.4 Å². The highest BCUT2D eigenvalue weighted by Crippen LogP contribution is 2.31. The summed E-state index contributed by atoms with van der Waals surface area (Å²) in [6, 6.07) is 6.51. The molecule has 0 fully saturated rings. The van der Waals surface area contributed by atoms with Gasteiger partial charge in [-0.1, -0.05) is 11.8 Å². The molecule has 0 spiro atoms. The number of rotatable bonds is 5. The van der Waals surface area contributed by atoms with Crippen LogP contribution in [-0.4, -0.2) is 30.7 Å². The zero-order valence-electron chi connectivity index (χ0n) is 10.4. The van der Waals surface area contributed by atoms with Crippen LogP contribution in [0.15, 0.2) is 43.8 Å². The van der Waals surface area contributed by atoms with E-state index in [-0.39, 0.29) is 11.3 Å². The molecule has 0 saturated heterocycles. The van der Waals surface area contributed by atoms with E-state index in [1.165, 1.54) is 23.1 Å². The molecule has 1 aromatic carbocycles. The number of aromatic nitrogens is 1. The third kappa shape index (κ3) is 4.06. The van der Waals surface area contributed by atoms with Crippen molar-refractivity contribution in [3.8, 4) is 0 Å². The number of nitrogens with zero attached hydrogens (tertiary/aromatic N) is 1. The van der Waals surface area contributed by atoms with Crippen LogP contribution in [0.25, 0.3) is 0 Å². The molecule has 20 heavy (non-hydrogen) atoms. The highest BCUT2D eigenvalue weighted by atomic mass is 32.2. The number of aliphatic carboxylic acids is 1. The van der Waals surface area contributed by atoms with Crippen LogP contribution >= 0.6 is 23.1 Å². The van der Waals surface area contributed by atoms with Crippen LogP contribution in [0.4, 0.5) is 0 Å². The Labute approximate surface area is 124 Å². The fraction of sp³-hybridized carbons (Fsp3) is 0.167. The molecule has 8 heteroatoms. The van der Waals surface area contributed by atoms with Crippen molar-refractivity contribution < 1.29 is 18.3 Å². The number of carboxylic acids is 1. The Kier molecular flexibility index (Phi) is 4.46. The first-order valence-corrected chi connectivity index (χ1v) is 9.07. The van der Waals surface area contributed by atoms with Crippen LogP contribution in [0.5, 0.6) is 0 Å². The number of sulfone groups is 1. The number of hydrogen-bond acceptors (Lipinski definition) is 6. The van der Waals surface area contributed by atoms with Gasteiger partial charge >= 0.3 is 5.97 Å². The van der Waals surface area contributed by atoms with Gasteiger partial charge in [0.2, 0.25) is 0 Å². The topological polar surface area (TPSA) is 84.3 Å². The molecular weight excluding hydrogens is 318 g/mol. The minimum atomic E-state index is -3.19. The Morgan fingerprint density at radius 3 is 2.55 bits per heavy atom. The van der Waals surface area contributed by atoms with Gasteiger partial charge in [-0.15, -0.1) is 11.3 Å². The second-order valence-electron chi connectivity index (χ2n) is 4.02. The zero-order chi connectivity index (χ0) is 14.8. The van der Waals surface area contributed by atoms with Gasteiger partial charge in [0.05, 0.1) is 17.0 Å². The smallest absolute Gasteiger partial charge is 0.309 e. The number of thiazole rings is 1. The van der Waals surface area contributed by atoms with Gasteiger partial charge in [0.15, 0.2) is 14.2 Å². The van der Waals surface area contributed by atoms with E-state index in [1.54, 1.807) is 29.6 Å². The lowest BCUT2D eigenvalue weighted by molar-refractivity contribution is -0.136. The Balaban J connectivity index is 2.10. The largest absolute Gasteiger partial charge is 0.481 e. The summed E-state index contributed by atoms with van der Waals surface area (Å²) in [6.45, 7) is 0. The molecule has 1 N–H and O–H groups in total. The molecule has 5 nitrogen and oxygen atoms in total. The average molecular weight is 329 g/mol. The molecule has 2 rings (SSSR count). The molecule has 0 radical (unpaired) electrons. The highest BCUT2D eigenvalue weighted by Gasteiger charge is 2.09. The number of benzene rings is 1. The predicted octanol–water partition coefficient (Wildman–Crippen LogP) is 2.32. The quantitative estimate of drug-likeness (QED) is 0.906. The van der Waals surface area contributed by atoms with Crippen LogP contribution in [0.3, 0.4) is 0 Å². The molecule has 2 aromatic rings. The summed E-state index contributed by atoms with van der Waals surface area (Å²) in [4.78, 5) is 15.9. The number of hydrogen-bond donors (Lipinski definition) is 1. The lowest BCUT2D eigenvalue weighted by Gasteiger charge is -2.00. The second-order valence-corrected chi connectivity index (χ2v) is 8.22. The molecule has 1 aromatic heterocycles. The van der Waals surface area contributed by atoms with Gasteiger partial charge in [0, 0.05) is 16.5 Å². The maximum Gasteiger partial charge on any atom is 0.309 e. The van der Waals surface area contributed by atoms with Crippen molar-refractivity contribution in [2.75, 3.05) is 6.26 Å². The van der Waals surface area contributed by atoms with Gasteiger partial charge in [0.25, 0.3) is 0 Å². The van der Waals surface area contributed by atoms with E-state index >= 15 is 0 Å². The van der Waals surface area contributed by atoms with E-state index in [0.717, 1.165) is 15.5 Å². The van der Waals surface area contributed by atoms with Crippen molar-refractivity contribution in [2.24, 2.45) is 0 Å². The van der Waals surface area contributed by atoms with Crippen LogP contribution in [-0.2, 0) is 21.1 Å². The zero-order valence-corrected chi connectivity index (χ0v) is 12.9. The molecule has 0 unspecified atom stereocenters. The lowest BCUT2D eigenvalue weighted by atomic mass is 10.3. The molecule has 0 amide bonds. The van der Waals surface area contributed by atoms with Gasteiger partial charge in [-0.05, 0) is 24.3 Å². The maximum atomic E-state index is 11.3. The third-order valence-electron chi connectivity index (χ3n) is 2.32. The SMILES string of the molecule is CS(=O)(=O)c1ccc(Sc2nc(CC(=O)O)cs2)cc1. The van der Waals surface area contributed by atoms with E-state index in [2.05, 4.69) is 4.98 Å². The summed E-state index contributed by atoms with van der Waals surface area (Å²) in [5.74, 6) is -0.913. The van der Waals surface area contributed by atoms with E-state index in [4.69, 9.17) is 5.11 Å². The Morgan fingerprint density at radius 2 is 2.00 bits per heavy atom. The first-order valence-electron chi connectivity index (χ1n) is 5.49. The van der Waals surface area contributed by atoms with Crippen molar-refractivity contribution in [1.82, 2.24) is 4.98 Å². The fourth-order valence-corrected chi connectivity index (χ4v) is 3.86. The van der Waals surface area contributed by atoms with Crippen molar-refractivity contribution >= 4 is 38.9 Å². The predicted molar refractivity (Wildman–Crippen MR) is 77.1 cm³/mol. The summed E-state index contributed by atoms with van der Waals surface area (Å²) < 4.78 is 23.4. The second kappa shape index (κ2) is 5.94. The summed E-state index contributed by atoms with van der Waals surface area (Å²) in [5.41, 5.74) is 0.526. The van der Waals surface area contributed by atoms with Crippen molar-refractivity contribution in [2.45, 2.75) is 20.6 Å². The lowest BCUT2D eigenvalue weighted by Crippen LogP contribution is -1.99. The number of carbonyl (C=O) groups is 1. The first kappa shape index (κ1) is 15.0. The average Bonchev–Trinajstić information content (AvgIpc) is 2.75. The first-order chi connectivity index (χ1) is 9.34. The normalized spacial score (nSPS) is 11.4. The van der Waals surface area contributed by atoms with E-state index in [1.807, 2.05) is 0 Å². The molecule has 0 aliphatic rings. The summed E-state index contributed by atoms with van der Waals surface area (Å²) >= 11 is 2.74. The molecule has 0 aliphatic heterocycles.